The summed E-state index contributed by atoms with van der Waals surface area (Å²) in [6, 6.07) is 8.91. The van der Waals surface area contributed by atoms with Gasteiger partial charge in [-0.2, -0.15) is 9.13 Å². The first-order chi connectivity index (χ1) is 17.4. The molecule has 0 fully saturated rings. The monoisotopic (exact) mass is 634 g/mol. The van der Waals surface area contributed by atoms with Crippen LogP contribution in [0.2, 0.25) is 0 Å². The Morgan fingerprint density at radius 2 is 0.816 bits per heavy atom. The zero-order valence-electron chi connectivity index (χ0n) is 22.6. The molecule has 4 bridgehead atoms. The summed E-state index contributed by atoms with van der Waals surface area (Å²) in [7, 11) is 8.39. The molecule has 0 amide bonds. The van der Waals surface area contributed by atoms with E-state index in [0.29, 0.717) is 0 Å². The standard InChI is InChI=1S/C32H36N4.2BrH/c1-33(2)29-15-21-35(22-16-29)31(25-7-8-26(31)10-9-25)19-5-6-20-32(27-11-12-28(32)14-13-27)36-23-17-30(18-24-36)34(3)4;;/h7-18,21-24H,5-6,19-20H2,1-4H3;2*1H/q+2;;/p-2. The molecular weight excluding hydrogens is 600 g/mol. The van der Waals surface area contributed by atoms with Gasteiger partial charge in [-0.15, -0.1) is 0 Å². The highest BCUT2D eigenvalue weighted by Gasteiger charge is 2.52. The summed E-state index contributed by atoms with van der Waals surface area (Å²) in [5.74, 6) is 0. The molecule has 0 atom stereocenters. The molecule has 6 heteroatoms. The van der Waals surface area contributed by atoms with E-state index in [1.807, 2.05) is 0 Å². The Morgan fingerprint density at radius 1 is 0.526 bits per heavy atom. The maximum atomic E-state index is 2.43. The van der Waals surface area contributed by atoms with Crippen LogP contribution >= 0.6 is 0 Å². The summed E-state index contributed by atoms with van der Waals surface area (Å²) < 4.78 is 4.86. The van der Waals surface area contributed by atoms with E-state index in [4.69, 9.17) is 0 Å². The molecule has 2 aromatic heterocycles. The highest BCUT2D eigenvalue weighted by Crippen LogP contribution is 2.47. The fourth-order valence-electron chi connectivity index (χ4n) is 6.51. The molecule has 0 saturated heterocycles. The lowest BCUT2D eigenvalue weighted by molar-refractivity contribution is -0.746. The Bertz CT molecular complexity index is 1220. The van der Waals surface area contributed by atoms with Gasteiger partial charge in [-0.1, -0.05) is 48.6 Å². The average molecular weight is 636 g/mol. The number of rotatable bonds is 9. The van der Waals surface area contributed by atoms with Gasteiger partial charge in [0.25, 0.3) is 0 Å². The first-order valence-electron chi connectivity index (χ1n) is 13.1. The molecule has 0 unspecified atom stereocenters. The van der Waals surface area contributed by atoms with E-state index in [2.05, 4.69) is 145 Å². The van der Waals surface area contributed by atoms with Gasteiger partial charge in [-0.05, 0) is 12.8 Å². The van der Waals surface area contributed by atoms with Crippen molar-refractivity contribution in [3.05, 3.63) is 120 Å². The second-order valence-corrected chi connectivity index (χ2v) is 10.8. The summed E-state index contributed by atoms with van der Waals surface area (Å²) in [5, 5.41) is 0. The Kier molecular flexibility index (Phi) is 8.06. The van der Waals surface area contributed by atoms with Crippen molar-refractivity contribution in [1.29, 1.82) is 0 Å². The van der Waals surface area contributed by atoms with Gasteiger partial charge in [-0.25, -0.2) is 0 Å². The van der Waals surface area contributed by atoms with Crippen LogP contribution in [-0.4, -0.2) is 28.2 Å². The minimum Gasteiger partial charge on any atom is -1.00 e. The first kappa shape index (κ1) is 28.3. The molecule has 0 spiro atoms. The van der Waals surface area contributed by atoms with E-state index in [9.17, 15) is 0 Å². The predicted octanol–water partition coefficient (Wildman–Crippen LogP) is -1.07. The van der Waals surface area contributed by atoms with E-state index in [1.54, 1.807) is 0 Å². The second kappa shape index (κ2) is 10.8. The topological polar surface area (TPSA) is 14.2 Å². The van der Waals surface area contributed by atoms with Crippen molar-refractivity contribution in [2.75, 3.05) is 38.0 Å². The summed E-state index contributed by atoms with van der Waals surface area (Å²) in [6.45, 7) is 0. The smallest absolute Gasteiger partial charge is 0.218 e. The van der Waals surface area contributed by atoms with Crippen molar-refractivity contribution in [3.63, 3.8) is 0 Å². The molecule has 2 heterocycles. The zero-order chi connectivity index (χ0) is 24.9. The third kappa shape index (κ3) is 4.26. The van der Waals surface area contributed by atoms with E-state index in [0.717, 1.165) is 25.7 Å². The van der Waals surface area contributed by atoms with Gasteiger partial charge in [-0.3, -0.25) is 0 Å². The number of hydrogen-bond donors (Lipinski definition) is 0. The van der Waals surface area contributed by atoms with Crippen LogP contribution < -0.4 is 52.9 Å². The number of unbranched alkanes of at least 4 members (excludes halogenated alkanes) is 1. The predicted molar refractivity (Wildman–Crippen MR) is 147 cm³/mol. The van der Waals surface area contributed by atoms with Gasteiger partial charge in [0.1, 0.15) is 0 Å². The third-order valence-electron chi connectivity index (χ3n) is 8.55. The van der Waals surface area contributed by atoms with Gasteiger partial charge < -0.3 is 43.8 Å². The molecule has 0 aliphatic heterocycles. The van der Waals surface area contributed by atoms with Crippen LogP contribution in [-0.2, 0) is 11.1 Å². The molecular formula is C32H36Br2N4. The Hall–Kier alpha value is -2.70. The maximum absolute atomic E-state index is 2.43. The fraction of sp³-hybridized carbons (Fsp3) is 0.312. The fourth-order valence-corrected chi connectivity index (χ4v) is 6.51. The lowest BCUT2D eigenvalue weighted by Gasteiger charge is -2.28. The second-order valence-electron chi connectivity index (χ2n) is 10.8. The number of anilines is 2. The van der Waals surface area contributed by atoms with Crippen LogP contribution in [0.5, 0.6) is 0 Å². The Labute approximate surface area is 248 Å². The Balaban J connectivity index is 0.00000168. The van der Waals surface area contributed by atoms with E-state index in [-0.39, 0.29) is 45.0 Å². The van der Waals surface area contributed by atoms with Crippen LogP contribution in [0.15, 0.2) is 120 Å². The molecule has 38 heavy (non-hydrogen) atoms. The number of fused-ring (bicyclic) bond motifs is 4. The molecule has 0 N–H and O–H groups in total. The number of halogens is 2. The molecule has 2 aromatic rings. The number of allylic oxidation sites excluding steroid dienone is 12. The number of aromatic nitrogens is 2. The average Bonchev–Trinajstić information content (AvgIpc) is 3.65. The molecule has 0 radical (unpaired) electrons. The molecule has 0 aromatic carbocycles. The van der Waals surface area contributed by atoms with Crippen LogP contribution in [0.3, 0.4) is 0 Å². The minimum absolute atomic E-state index is 0. The largest absolute Gasteiger partial charge is 1.00 e. The first-order valence-corrected chi connectivity index (χ1v) is 13.1. The van der Waals surface area contributed by atoms with Gasteiger partial charge in [0, 0.05) is 99.0 Å². The summed E-state index contributed by atoms with van der Waals surface area (Å²) in [5.41, 5.74) is 7.98. The van der Waals surface area contributed by atoms with Crippen LogP contribution in [0.25, 0.3) is 0 Å². The molecule has 4 nitrogen and oxygen atoms in total. The van der Waals surface area contributed by atoms with Crippen molar-refractivity contribution in [3.8, 4) is 0 Å². The molecule has 0 saturated carbocycles. The summed E-state index contributed by atoms with van der Waals surface area (Å²) in [4.78, 5) is 4.32. The normalized spacial score (nSPS) is 18.3. The van der Waals surface area contributed by atoms with Crippen molar-refractivity contribution in [1.82, 2.24) is 0 Å². The quantitative estimate of drug-likeness (QED) is 0.257. The van der Waals surface area contributed by atoms with Gasteiger partial charge in [0.2, 0.25) is 11.1 Å². The lowest BCUT2D eigenvalue weighted by Crippen LogP contribution is -3.00. The van der Waals surface area contributed by atoms with Gasteiger partial charge in [0.15, 0.2) is 24.8 Å². The summed E-state index contributed by atoms with van der Waals surface area (Å²) in [6.07, 6.45) is 32.0. The van der Waals surface area contributed by atoms with E-state index < -0.39 is 0 Å². The Morgan fingerprint density at radius 3 is 1.05 bits per heavy atom. The van der Waals surface area contributed by atoms with Gasteiger partial charge >= 0.3 is 0 Å². The van der Waals surface area contributed by atoms with Crippen molar-refractivity contribution >= 4 is 11.4 Å². The van der Waals surface area contributed by atoms with Crippen molar-refractivity contribution in [2.45, 2.75) is 36.8 Å². The van der Waals surface area contributed by atoms with Gasteiger partial charge in [0.05, 0.1) is 0 Å². The minimum atomic E-state index is -0.0655. The molecule has 4 aliphatic rings. The van der Waals surface area contributed by atoms with E-state index in [1.165, 1.54) is 33.7 Å². The number of pyridine rings is 2. The SMILES string of the molecule is CN(C)c1cc[n+](C2(CCCCC3([n+]4ccc(N(C)C)cc4)C4=CC=C3C=C4)C3=CC=C2C=C3)cc1.[Br-].[Br-]. The van der Waals surface area contributed by atoms with E-state index >= 15 is 0 Å². The molecule has 4 aliphatic carbocycles. The van der Waals surface area contributed by atoms with Crippen LogP contribution in [0.1, 0.15) is 25.7 Å². The maximum Gasteiger partial charge on any atom is 0.218 e. The van der Waals surface area contributed by atoms with Crippen molar-refractivity contribution < 1.29 is 43.1 Å². The highest BCUT2D eigenvalue weighted by atomic mass is 79.9. The van der Waals surface area contributed by atoms with Crippen molar-refractivity contribution in [2.24, 2.45) is 0 Å². The van der Waals surface area contributed by atoms with Crippen LogP contribution in [0.4, 0.5) is 11.4 Å². The zero-order valence-corrected chi connectivity index (χ0v) is 25.8. The highest BCUT2D eigenvalue weighted by molar-refractivity contribution is 5.58. The lowest BCUT2D eigenvalue weighted by atomic mass is 9.81. The molecule has 198 valence electrons. The summed E-state index contributed by atoms with van der Waals surface area (Å²) >= 11 is 0. The number of hydrogen-bond acceptors (Lipinski definition) is 2. The van der Waals surface area contributed by atoms with Crippen LogP contribution in [0, 0.1) is 0 Å². The molecule has 6 rings (SSSR count). The third-order valence-corrected chi connectivity index (χ3v) is 8.55. The number of nitrogens with zero attached hydrogens (tertiary/aromatic N) is 4.